The molecule has 1 aromatic carbocycles. The smallest absolute Gasteiger partial charge is 0.422 e. The van der Waals surface area contributed by atoms with E-state index in [9.17, 15) is 13.2 Å². The average molecular weight is 424 g/mol. The first-order valence-corrected chi connectivity index (χ1v) is 9.48. The Morgan fingerprint density at radius 3 is 2.70 bits per heavy atom. The molecule has 0 saturated carbocycles. The van der Waals surface area contributed by atoms with Crippen LogP contribution in [0.5, 0.6) is 17.4 Å². The van der Waals surface area contributed by atoms with Crippen LogP contribution in [0.2, 0.25) is 0 Å². The van der Waals surface area contributed by atoms with Gasteiger partial charge in [-0.3, -0.25) is 0 Å². The zero-order valence-corrected chi connectivity index (χ0v) is 16.4. The molecule has 1 aliphatic heterocycles. The molecule has 0 radical (unpaired) electrons. The van der Waals surface area contributed by atoms with Crippen LogP contribution in [0.15, 0.2) is 47.6 Å². The Kier molecular flexibility index (Phi) is 7.21. The fraction of sp³-hybridized carbons (Fsp3) is 0.400. The van der Waals surface area contributed by atoms with Crippen molar-refractivity contribution in [3.8, 4) is 17.4 Å². The monoisotopic (exact) mass is 424 g/mol. The van der Waals surface area contributed by atoms with Gasteiger partial charge < -0.3 is 24.8 Å². The molecule has 0 fully saturated rings. The summed E-state index contributed by atoms with van der Waals surface area (Å²) in [5, 5.41) is 6.34. The molecule has 1 atom stereocenters. The van der Waals surface area contributed by atoms with E-state index in [0.717, 1.165) is 11.3 Å². The van der Waals surface area contributed by atoms with E-state index in [2.05, 4.69) is 25.3 Å². The number of benzene rings is 1. The molecule has 0 saturated heterocycles. The third kappa shape index (κ3) is 6.71. The van der Waals surface area contributed by atoms with Gasteiger partial charge in [-0.1, -0.05) is 18.2 Å². The number of guanidine groups is 1. The van der Waals surface area contributed by atoms with Gasteiger partial charge in [-0.2, -0.15) is 13.2 Å². The van der Waals surface area contributed by atoms with Crippen molar-refractivity contribution < 1.29 is 27.4 Å². The standard InChI is InChI=1S/C20H23F3N4O3/c1-2-24-19(27-11-15-12-28-16-5-3-4-6-17(16)30-15)26-10-14-7-8-18(25-9-14)29-13-20(21,22)23/h3-9,15H,2,10-13H2,1H3,(H2,24,26,27). The van der Waals surface area contributed by atoms with Gasteiger partial charge in [0.05, 0.1) is 13.1 Å². The number of nitrogens with one attached hydrogen (secondary N) is 2. The van der Waals surface area contributed by atoms with Gasteiger partial charge in [-0.15, -0.1) is 0 Å². The molecule has 10 heteroatoms. The zero-order chi connectivity index (χ0) is 21.4. The van der Waals surface area contributed by atoms with E-state index in [0.29, 0.717) is 38.0 Å². The van der Waals surface area contributed by atoms with Gasteiger partial charge >= 0.3 is 6.18 Å². The Balaban J connectivity index is 1.51. The summed E-state index contributed by atoms with van der Waals surface area (Å²) in [6.45, 7) is 2.45. The SMILES string of the molecule is CCNC(=NCc1ccc(OCC(F)(F)F)nc1)NCC1COc2ccccc2O1. The number of ether oxygens (including phenoxy) is 3. The fourth-order valence-corrected chi connectivity index (χ4v) is 2.63. The number of halogens is 3. The second-order valence-electron chi connectivity index (χ2n) is 6.48. The predicted molar refractivity (Wildman–Crippen MR) is 105 cm³/mol. The number of nitrogens with zero attached hydrogens (tertiary/aromatic N) is 2. The summed E-state index contributed by atoms with van der Waals surface area (Å²) in [6, 6.07) is 10.5. The Labute approximate surface area is 172 Å². The van der Waals surface area contributed by atoms with Gasteiger partial charge in [-0.25, -0.2) is 9.98 Å². The molecule has 0 aliphatic carbocycles. The van der Waals surface area contributed by atoms with Crippen LogP contribution in [0, 0.1) is 0 Å². The molecule has 1 unspecified atom stereocenters. The Hall–Kier alpha value is -3.17. The van der Waals surface area contributed by atoms with Crippen LogP contribution >= 0.6 is 0 Å². The maximum absolute atomic E-state index is 12.2. The van der Waals surface area contributed by atoms with E-state index >= 15 is 0 Å². The van der Waals surface area contributed by atoms with E-state index in [-0.39, 0.29) is 12.0 Å². The van der Waals surface area contributed by atoms with Crippen LogP contribution in [0.1, 0.15) is 12.5 Å². The number of aromatic nitrogens is 1. The highest BCUT2D eigenvalue weighted by Crippen LogP contribution is 2.30. The quantitative estimate of drug-likeness (QED) is 0.526. The van der Waals surface area contributed by atoms with E-state index < -0.39 is 12.8 Å². The molecule has 0 bridgehead atoms. The van der Waals surface area contributed by atoms with Crippen molar-refractivity contribution in [2.24, 2.45) is 4.99 Å². The molecule has 0 amide bonds. The Morgan fingerprint density at radius 1 is 1.20 bits per heavy atom. The zero-order valence-electron chi connectivity index (χ0n) is 16.4. The van der Waals surface area contributed by atoms with Crippen LogP contribution < -0.4 is 24.8 Å². The number of rotatable bonds is 7. The lowest BCUT2D eigenvalue weighted by Gasteiger charge is -2.27. The second-order valence-corrected chi connectivity index (χ2v) is 6.48. The van der Waals surface area contributed by atoms with Gasteiger partial charge in [0.15, 0.2) is 24.1 Å². The molecular weight excluding hydrogens is 401 g/mol. The number of para-hydroxylation sites is 2. The third-order valence-electron chi connectivity index (χ3n) is 4.01. The highest BCUT2D eigenvalue weighted by atomic mass is 19.4. The summed E-state index contributed by atoms with van der Waals surface area (Å²) in [4.78, 5) is 8.34. The van der Waals surface area contributed by atoms with Gasteiger partial charge in [-0.05, 0) is 24.6 Å². The van der Waals surface area contributed by atoms with Crippen molar-refractivity contribution in [3.05, 3.63) is 48.2 Å². The lowest BCUT2D eigenvalue weighted by atomic mass is 10.2. The minimum Gasteiger partial charge on any atom is -0.486 e. The molecule has 30 heavy (non-hydrogen) atoms. The molecule has 2 heterocycles. The van der Waals surface area contributed by atoms with Crippen LogP contribution in [0.4, 0.5) is 13.2 Å². The highest BCUT2D eigenvalue weighted by molar-refractivity contribution is 5.79. The molecule has 1 aromatic heterocycles. The van der Waals surface area contributed by atoms with Crippen LogP contribution in [0.25, 0.3) is 0 Å². The Bertz CT molecular complexity index is 844. The molecule has 0 spiro atoms. The summed E-state index contributed by atoms with van der Waals surface area (Å²) >= 11 is 0. The highest BCUT2D eigenvalue weighted by Gasteiger charge is 2.28. The maximum atomic E-state index is 12.2. The van der Waals surface area contributed by atoms with E-state index in [1.165, 1.54) is 12.3 Å². The van der Waals surface area contributed by atoms with E-state index in [1.807, 2.05) is 31.2 Å². The summed E-state index contributed by atoms with van der Waals surface area (Å²) in [6.07, 6.45) is -3.13. The minimum atomic E-state index is -4.40. The summed E-state index contributed by atoms with van der Waals surface area (Å²) < 4.78 is 52.7. The number of pyridine rings is 1. The topological polar surface area (TPSA) is 77.0 Å². The lowest BCUT2D eigenvalue weighted by molar-refractivity contribution is -0.154. The number of hydrogen-bond donors (Lipinski definition) is 2. The molecule has 3 rings (SSSR count). The minimum absolute atomic E-state index is 0.0835. The van der Waals surface area contributed by atoms with Crippen LogP contribution in [-0.2, 0) is 6.54 Å². The average Bonchev–Trinajstić information content (AvgIpc) is 2.74. The lowest BCUT2D eigenvalue weighted by Crippen LogP contribution is -2.45. The summed E-state index contributed by atoms with van der Waals surface area (Å²) in [7, 11) is 0. The van der Waals surface area contributed by atoms with Crippen molar-refractivity contribution in [3.63, 3.8) is 0 Å². The normalized spacial score (nSPS) is 16.1. The summed E-state index contributed by atoms with van der Waals surface area (Å²) in [5.74, 6) is 1.93. The van der Waals surface area contributed by atoms with Crippen molar-refractivity contribution >= 4 is 5.96 Å². The largest absolute Gasteiger partial charge is 0.486 e. The number of hydrogen-bond acceptors (Lipinski definition) is 5. The van der Waals surface area contributed by atoms with Gasteiger partial charge in [0.1, 0.15) is 12.7 Å². The number of aliphatic imine (C=N–C) groups is 1. The third-order valence-corrected chi connectivity index (χ3v) is 4.01. The first-order valence-electron chi connectivity index (χ1n) is 9.48. The molecule has 1 aliphatic rings. The Morgan fingerprint density at radius 2 is 2.00 bits per heavy atom. The van der Waals surface area contributed by atoms with Crippen molar-refractivity contribution in [2.45, 2.75) is 25.7 Å². The van der Waals surface area contributed by atoms with Crippen molar-refractivity contribution in [1.29, 1.82) is 0 Å². The van der Waals surface area contributed by atoms with Gasteiger partial charge in [0.25, 0.3) is 0 Å². The van der Waals surface area contributed by atoms with Gasteiger partial charge in [0.2, 0.25) is 5.88 Å². The van der Waals surface area contributed by atoms with Gasteiger partial charge in [0, 0.05) is 18.8 Å². The second kappa shape index (κ2) is 10.0. The van der Waals surface area contributed by atoms with Crippen LogP contribution in [-0.4, -0.2) is 49.5 Å². The summed E-state index contributed by atoms with van der Waals surface area (Å²) in [5.41, 5.74) is 0.734. The van der Waals surface area contributed by atoms with Crippen LogP contribution in [0.3, 0.4) is 0 Å². The van der Waals surface area contributed by atoms with Crippen molar-refractivity contribution in [1.82, 2.24) is 15.6 Å². The number of fused-ring (bicyclic) bond motifs is 1. The van der Waals surface area contributed by atoms with E-state index in [1.54, 1.807) is 6.07 Å². The number of alkyl halides is 3. The van der Waals surface area contributed by atoms with Crippen molar-refractivity contribution in [2.75, 3.05) is 26.3 Å². The molecule has 2 aromatic rings. The molecule has 7 nitrogen and oxygen atoms in total. The first-order chi connectivity index (χ1) is 14.4. The molecule has 2 N–H and O–H groups in total. The maximum Gasteiger partial charge on any atom is 0.422 e. The van der Waals surface area contributed by atoms with E-state index in [4.69, 9.17) is 9.47 Å². The predicted octanol–water partition coefficient (Wildman–Crippen LogP) is 2.92. The molecule has 162 valence electrons. The fourth-order valence-electron chi connectivity index (χ4n) is 2.63. The molecular formula is C20H23F3N4O3. The first kappa shape index (κ1) is 21.5.